The molecule has 0 bridgehead atoms. The molecule has 2 rings (SSSR count). The SMILES string of the molecule is CCNc1ccccc1C(=O)Nc1ccc(OC)cc1C. The summed E-state index contributed by atoms with van der Waals surface area (Å²) in [5.74, 6) is 0.651. The van der Waals surface area contributed by atoms with Gasteiger partial charge in [-0.25, -0.2) is 0 Å². The van der Waals surface area contributed by atoms with E-state index in [1.165, 1.54) is 0 Å². The van der Waals surface area contributed by atoms with E-state index in [0.717, 1.165) is 29.2 Å². The quantitative estimate of drug-likeness (QED) is 0.880. The van der Waals surface area contributed by atoms with Crippen molar-refractivity contribution in [1.29, 1.82) is 0 Å². The highest BCUT2D eigenvalue weighted by atomic mass is 16.5. The van der Waals surface area contributed by atoms with Crippen LogP contribution in [0.15, 0.2) is 42.5 Å². The van der Waals surface area contributed by atoms with Crippen LogP contribution in [-0.4, -0.2) is 19.6 Å². The minimum Gasteiger partial charge on any atom is -0.497 e. The van der Waals surface area contributed by atoms with Gasteiger partial charge < -0.3 is 15.4 Å². The van der Waals surface area contributed by atoms with E-state index >= 15 is 0 Å². The third kappa shape index (κ3) is 3.54. The summed E-state index contributed by atoms with van der Waals surface area (Å²) in [7, 11) is 1.62. The Balaban J connectivity index is 2.22. The standard InChI is InChI=1S/C17H20N2O2/c1-4-18-16-8-6-5-7-14(16)17(20)19-15-10-9-13(21-3)11-12(15)2/h5-11,18H,4H2,1-3H3,(H,19,20). The van der Waals surface area contributed by atoms with Gasteiger partial charge in [-0.2, -0.15) is 0 Å². The molecule has 110 valence electrons. The van der Waals surface area contributed by atoms with Gasteiger partial charge in [0, 0.05) is 17.9 Å². The maximum atomic E-state index is 12.4. The van der Waals surface area contributed by atoms with E-state index < -0.39 is 0 Å². The Bertz CT molecular complexity index is 638. The Kier molecular flexibility index (Phi) is 4.82. The van der Waals surface area contributed by atoms with Crippen LogP contribution in [0.5, 0.6) is 5.75 Å². The summed E-state index contributed by atoms with van der Waals surface area (Å²) in [5, 5.41) is 6.14. The number of hydrogen-bond donors (Lipinski definition) is 2. The lowest BCUT2D eigenvalue weighted by Crippen LogP contribution is -2.15. The largest absolute Gasteiger partial charge is 0.497 e. The molecule has 0 aromatic heterocycles. The zero-order valence-electron chi connectivity index (χ0n) is 12.6. The van der Waals surface area contributed by atoms with Crippen LogP contribution in [0.25, 0.3) is 0 Å². The lowest BCUT2D eigenvalue weighted by Gasteiger charge is -2.13. The topological polar surface area (TPSA) is 50.4 Å². The number of rotatable bonds is 5. The van der Waals surface area contributed by atoms with Crippen molar-refractivity contribution in [3.05, 3.63) is 53.6 Å². The van der Waals surface area contributed by atoms with Gasteiger partial charge in [-0.3, -0.25) is 4.79 Å². The van der Waals surface area contributed by atoms with Crippen molar-refractivity contribution in [2.75, 3.05) is 24.3 Å². The van der Waals surface area contributed by atoms with Crippen LogP contribution in [0, 0.1) is 6.92 Å². The van der Waals surface area contributed by atoms with E-state index in [9.17, 15) is 4.79 Å². The fraction of sp³-hybridized carbons (Fsp3) is 0.235. The minimum atomic E-state index is -0.125. The molecular weight excluding hydrogens is 264 g/mol. The number of benzene rings is 2. The molecule has 0 aliphatic rings. The molecule has 0 fully saturated rings. The molecule has 2 aromatic carbocycles. The summed E-state index contributed by atoms with van der Waals surface area (Å²) in [6.45, 7) is 4.71. The summed E-state index contributed by atoms with van der Waals surface area (Å²) < 4.78 is 5.17. The normalized spacial score (nSPS) is 10.0. The van der Waals surface area contributed by atoms with Crippen LogP contribution in [0.1, 0.15) is 22.8 Å². The fourth-order valence-electron chi connectivity index (χ4n) is 2.12. The molecule has 4 nitrogen and oxygen atoms in total. The number of methoxy groups -OCH3 is 1. The van der Waals surface area contributed by atoms with Gasteiger partial charge in [-0.05, 0) is 49.7 Å². The van der Waals surface area contributed by atoms with Gasteiger partial charge in [0.2, 0.25) is 0 Å². The zero-order valence-corrected chi connectivity index (χ0v) is 12.6. The predicted molar refractivity (Wildman–Crippen MR) is 86.3 cm³/mol. The third-order valence-electron chi connectivity index (χ3n) is 3.22. The monoisotopic (exact) mass is 284 g/mol. The molecule has 2 aromatic rings. The Morgan fingerprint density at radius 3 is 2.57 bits per heavy atom. The van der Waals surface area contributed by atoms with Crippen molar-refractivity contribution in [2.24, 2.45) is 0 Å². The molecule has 2 N–H and O–H groups in total. The molecule has 1 amide bonds. The summed E-state index contributed by atoms with van der Waals surface area (Å²) in [5.41, 5.74) is 3.22. The number of nitrogens with one attached hydrogen (secondary N) is 2. The molecular formula is C17H20N2O2. The predicted octanol–water partition coefficient (Wildman–Crippen LogP) is 3.69. The number of aryl methyl sites for hydroxylation is 1. The lowest BCUT2D eigenvalue weighted by atomic mass is 10.1. The number of para-hydroxylation sites is 1. The zero-order chi connectivity index (χ0) is 15.2. The van der Waals surface area contributed by atoms with Crippen LogP contribution in [-0.2, 0) is 0 Å². The minimum absolute atomic E-state index is 0.125. The summed E-state index contributed by atoms with van der Waals surface area (Å²) in [6.07, 6.45) is 0. The molecule has 0 unspecified atom stereocenters. The first-order valence-electron chi connectivity index (χ1n) is 6.94. The average molecular weight is 284 g/mol. The maximum absolute atomic E-state index is 12.4. The molecule has 0 radical (unpaired) electrons. The van der Waals surface area contributed by atoms with Crippen molar-refractivity contribution in [3.63, 3.8) is 0 Å². The smallest absolute Gasteiger partial charge is 0.257 e. The fourth-order valence-corrected chi connectivity index (χ4v) is 2.12. The van der Waals surface area contributed by atoms with E-state index in [-0.39, 0.29) is 5.91 Å². The molecule has 0 saturated heterocycles. The van der Waals surface area contributed by atoms with Crippen LogP contribution in [0.3, 0.4) is 0 Å². The third-order valence-corrected chi connectivity index (χ3v) is 3.22. The molecule has 0 saturated carbocycles. The number of ether oxygens (including phenoxy) is 1. The van der Waals surface area contributed by atoms with Crippen LogP contribution < -0.4 is 15.4 Å². The number of amides is 1. The molecule has 4 heteroatoms. The van der Waals surface area contributed by atoms with Gasteiger partial charge in [0.05, 0.1) is 12.7 Å². The highest BCUT2D eigenvalue weighted by Gasteiger charge is 2.12. The number of carbonyl (C=O) groups is 1. The summed E-state index contributed by atoms with van der Waals surface area (Å²) >= 11 is 0. The highest BCUT2D eigenvalue weighted by molar-refractivity contribution is 6.08. The van der Waals surface area contributed by atoms with E-state index in [2.05, 4.69) is 10.6 Å². The molecule has 0 atom stereocenters. The van der Waals surface area contributed by atoms with Crippen molar-refractivity contribution in [2.45, 2.75) is 13.8 Å². The second kappa shape index (κ2) is 6.79. The maximum Gasteiger partial charge on any atom is 0.257 e. The number of anilines is 2. The van der Waals surface area contributed by atoms with E-state index in [4.69, 9.17) is 4.74 Å². The second-order valence-electron chi connectivity index (χ2n) is 4.71. The van der Waals surface area contributed by atoms with Gasteiger partial charge in [-0.15, -0.1) is 0 Å². The van der Waals surface area contributed by atoms with Crippen LogP contribution in [0.2, 0.25) is 0 Å². The Labute approximate surface area is 125 Å². The summed E-state index contributed by atoms with van der Waals surface area (Å²) in [6, 6.07) is 13.1. The summed E-state index contributed by atoms with van der Waals surface area (Å²) in [4.78, 5) is 12.4. The van der Waals surface area contributed by atoms with Crippen molar-refractivity contribution >= 4 is 17.3 Å². The molecule has 0 aliphatic carbocycles. The van der Waals surface area contributed by atoms with Gasteiger partial charge in [0.15, 0.2) is 0 Å². The molecule has 0 spiro atoms. The van der Waals surface area contributed by atoms with Crippen LogP contribution in [0.4, 0.5) is 11.4 Å². The Morgan fingerprint density at radius 2 is 1.90 bits per heavy atom. The van der Waals surface area contributed by atoms with Gasteiger partial charge in [-0.1, -0.05) is 12.1 Å². The first kappa shape index (κ1) is 14.9. The second-order valence-corrected chi connectivity index (χ2v) is 4.71. The van der Waals surface area contributed by atoms with Gasteiger partial charge in [0.25, 0.3) is 5.91 Å². The molecule has 21 heavy (non-hydrogen) atoms. The average Bonchev–Trinajstić information content (AvgIpc) is 2.50. The van der Waals surface area contributed by atoms with E-state index in [1.807, 2.05) is 56.3 Å². The van der Waals surface area contributed by atoms with Gasteiger partial charge >= 0.3 is 0 Å². The van der Waals surface area contributed by atoms with Crippen LogP contribution >= 0.6 is 0 Å². The van der Waals surface area contributed by atoms with Crippen molar-refractivity contribution in [3.8, 4) is 5.75 Å². The van der Waals surface area contributed by atoms with Crippen molar-refractivity contribution in [1.82, 2.24) is 0 Å². The Morgan fingerprint density at radius 1 is 1.14 bits per heavy atom. The first-order valence-corrected chi connectivity index (χ1v) is 6.94. The molecule has 0 heterocycles. The number of carbonyl (C=O) groups excluding carboxylic acids is 1. The van der Waals surface area contributed by atoms with Gasteiger partial charge in [0.1, 0.15) is 5.75 Å². The lowest BCUT2D eigenvalue weighted by molar-refractivity contribution is 0.102. The highest BCUT2D eigenvalue weighted by Crippen LogP contribution is 2.23. The molecule has 0 aliphatic heterocycles. The van der Waals surface area contributed by atoms with E-state index in [1.54, 1.807) is 7.11 Å². The van der Waals surface area contributed by atoms with Crippen molar-refractivity contribution < 1.29 is 9.53 Å². The number of hydrogen-bond acceptors (Lipinski definition) is 3. The Hall–Kier alpha value is -2.49. The first-order chi connectivity index (χ1) is 10.2. The van der Waals surface area contributed by atoms with E-state index in [0.29, 0.717) is 5.56 Å².